The first-order valence-corrected chi connectivity index (χ1v) is 32.8. The van der Waals surface area contributed by atoms with Crippen LogP contribution >= 0.6 is 0 Å². The number of carbonyl (C=O) groups excluding carboxylic acids is 3. The Morgan fingerprint density at radius 2 is 0.663 bits per heavy atom. The van der Waals surface area contributed by atoms with Crippen molar-refractivity contribution < 1.29 is 48.4 Å². The second-order valence-corrected chi connectivity index (χ2v) is 27.3. The Kier molecular flexibility index (Phi) is 19.5. The smallest absolute Gasteiger partial charge is 0.300 e. The number of carbonyl (C=O) groups is 5. The summed E-state index contributed by atoms with van der Waals surface area (Å²) in [5.74, 6) is 2.52. The van der Waals surface area contributed by atoms with E-state index in [1.165, 1.54) is 0 Å². The van der Waals surface area contributed by atoms with Gasteiger partial charge >= 0.3 is 0 Å². The molecule has 9 aliphatic rings. The first-order chi connectivity index (χ1) is 46.6. The maximum atomic E-state index is 12.3. The molecule has 0 saturated carbocycles. The fourth-order valence-electron chi connectivity index (χ4n) is 14.4. The number of carboxylic acid groups (broad SMARTS) is 2. The monoisotopic (exact) mass is 1340 g/mol. The second-order valence-electron chi connectivity index (χ2n) is 27.3. The fraction of sp³-hybridized carbons (Fsp3) is 0.397. The van der Waals surface area contributed by atoms with Gasteiger partial charge in [0.1, 0.15) is 55.2 Å². The molecule has 3 amide bonds. The highest BCUT2D eigenvalue weighted by Gasteiger charge is 2.46. The number of rotatable bonds is 9. The van der Waals surface area contributed by atoms with E-state index in [0.29, 0.717) is 19.8 Å². The standard InChI is InChI=1S/3C23H27N5O2.2C2H4O2/c3*1-15-22(29)25-24-21-12-30-20-10-17(16-8-6-5-7-9-16)18(11-19(20)28(15)21)27(4)23(2)13-26(3)14-23;2*1-2(3)4/h3*5-11,15H,12-14H2,1-4H3,(H,25,29);2*1H3,(H,3,4)/t2*15-;;;/m10.../s1. The molecule has 3 saturated heterocycles. The highest BCUT2D eigenvalue weighted by atomic mass is 16.5. The number of aliphatic carboxylic acids is 2. The van der Waals surface area contributed by atoms with E-state index in [1.54, 1.807) is 0 Å². The summed E-state index contributed by atoms with van der Waals surface area (Å²) in [6.07, 6.45) is 0. The van der Waals surface area contributed by atoms with Crippen LogP contribution in [0.25, 0.3) is 33.4 Å². The van der Waals surface area contributed by atoms with Crippen LogP contribution in [0.1, 0.15) is 55.4 Å². The van der Waals surface area contributed by atoms with Crippen LogP contribution in [0.15, 0.2) is 143 Å². The van der Waals surface area contributed by atoms with Gasteiger partial charge in [0.25, 0.3) is 29.7 Å². The first kappa shape index (κ1) is 69.1. The van der Waals surface area contributed by atoms with Crippen molar-refractivity contribution in [3.63, 3.8) is 0 Å². The van der Waals surface area contributed by atoms with E-state index in [1.807, 2.05) is 53.7 Å². The SMILES string of the molecule is CC(=O)O.CC(=O)O.CC1C(=O)NN=C2COc3cc(-c4ccccc4)c(N(C)C4(C)CN(C)C4)cc3N21.C[C@@H]1C(=O)NN=C2COc3cc(-c4ccccc4)c(N(C)C4(C)CN(C)C4)cc3N21.C[C@H]1C(=O)NN=C2COc3cc(-c4ccccc4)c(N(C)C4(C)CN(C)C4)cc3N21. The van der Waals surface area contributed by atoms with E-state index >= 15 is 0 Å². The summed E-state index contributed by atoms with van der Waals surface area (Å²) in [6.45, 7) is 21.8. The quantitative estimate of drug-likeness (QED) is 0.0927. The van der Waals surface area contributed by atoms with Crippen molar-refractivity contribution in [3.05, 3.63) is 127 Å². The maximum absolute atomic E-state index is 12.3. The topological polar surface area (TPSA) is 256 Å². The van der Waals surface area contributed by atoms with Crippen LogP contribution in [0.5, 0.6) is 17.2 Å². The largest absolute Gasteiger partial charge is 0.483 e. The summed E-state index contributed by atoms with van der Waals surface area (Å²) in [4.78, 5) is 75.0. The molecule has 0 aromatic heterocycles. The van der Waals surface area contributed by atoms with Crippen LogP contribution in [0.2, 0.25) is 0 Å². The number of anilines is 6. The highest BCUT2D eigenvalue weighted by molar-refractivity contribution is 6.12. The third-order valence-electron chi connectivity index (χ3n) is 19.5. The van der Waals surface area contributed by atoms with Crippen LogP contribution in [0, 0.1) is 0 Å². The molecular formula is C73H89N15O10. The summed E-state index contributed by atoms with van der Waals surface area (Å²) in [6, 6.07) is 43.0. The molecule has 5 N–H and O–H groups in total. The summed E-state index contributed by atoms with van der Waals surface area (Å²) in [5.41, 5.74) is 20.8. The minimum atomic E-state index is -0.833. The van der Waals surface area contributed by atoms with E-state index in [4.69, 9.17) is 34.0 Å². The van der Waals surface area contributed by atoms with Crippen LogP contribution < -0.4 is 59.9 Å². The molecule has 0 radical (unpaired) electrons. The van der Waals surface area contributed by atoms with Gasteiger partial charge in [-0.25, -0.2) is 16.3 Å². The Hall–Kier alpha value is -10.2. The van der Waals surface area contributed by atoms with Gasteiger partial charge in [0.15, 0.2) is 17.5 Å². The average Bonchev–Trinajstić information content (AvgIpc) is 0.751. The Balaban J connectivity index is 0.000000141. The molecular weight excluding hydrogens is 1250 g/mol. The van der Waals surface area contributed by atoms with Gasteiger partial charge in [-0.1, -0.05) is 91.0 Å². The number of hydrogen-bond donors (Lipinski definition) is 5. The first-order valence-electron chi connectivity index (χ1n) is 32.8. The number of fused-ring (bicyclic) bond motifs is 9. The number of likely N-dealkylation sites (N-methyl/N-ethyl adjacent to an activating group) is 6. The van der Waals surface area contributed by atoms with Crippen LogP contribution in [0.4, 0.5) is 34.1 Å². The van der Waals surface area contributed by atoms with E-state index in [9.17, 15) is 14.4 Å². The van der Waals surface area contributed by atoms with E-state index < -0.39 is 11.9 Å². The Morgan fingerprint density at radius 3 is 0.878 bits per heavy atom. The molecule has 25 heteroatoms. The van der Waals surface area contributed by atoms with Crippen molar-refractivity contribution in [2.24, 2.45) is 15.3 Å². The van der Waals surface area contributed by atoms with E-state index in [2.05, 4.69) is 233 Å². The Labute approximate surface area is 572 Å². The molecule has 3 atom stereocenters. The van der Waals surface area contributed by atoms with Gasteiger partial charge in [0.2, 0.25) is 0 Å². The van der Waals surface area contributed by atoms with Gasteiger partial charge in [-0.3, -0.25) is 24.0 Å². The van der Waals surface area contributed by atoms with Crippen LogP contribution in [-0.4, -0.2) is 208 Å². The van der Waals surface area contributed by atoms with Gasteiger partial charge in [0.05, 0.1) is 33.7 Å². The van der Waals surface area contributed by atoms with Gasteiger partial charge in [-0.15, -0.1) is 0 Å². The minimum Gasteiger partial charge on any atom is -0.483 e. The van der Waals surface area contributed by atoms with Crippen molar-refractivity contribution in [1.29, 1.82) is 0 Å². The lowest BCUT2D eigenvalue weighted by atomic mass is 9.89. The summed E-state index contributed by atoms with van der Waals surface area (Å²) < 4.78 is 18.2. The normalized spacial score (nSPS) is 20.8. The number of amidine groups is 3. The number of nitrogens with zero attached hydrogens (tertiary/aromatic N) is 12. The fourth-order valence-corrected chi connectivity index (χ4v) is 14.4. The zero-order chi connectivity index (χ0) is 70.3. The molecule has 9 aliphatic heterocycles. The summed E-state index contributed by atoms with van der Waals surface area (Å²) in [5, 5.41) is 27.5. The number of hydrazone groups is 3. The van der Waals surface area contributed by atoms with Gasteiger partial charge < -0.3 is 68.5 Å². The number of carboxylic acids is 2. The van der Waals surface area contributed by atoms with Crippen molar-refractivity contribution in [2.45, 2.75) is 90.1 Å². The lowest BCUT2D eigenvalue weighted by molar-refractivity contribution is -0.135. The van der Waals surface area contributed by atoms with Gasteiger partial charge in [-0.05, 0) is 116 Å². The van der Waals surface area contributed by atoms with Crippen molar-refractivity contribution in [2.75, 3.05) is 131 Å². The molecule has 6 aromatic carbocycles. The number of likely N-dealkylation sites (tertiary alicyclic amines) is 3. The number of nitrogens with one attached hydrogen (secondary N) is 3. The van der Waals surface area contributed by atoms with E-state index in [0.717, 1.165) is 155 Å². The Morgan fingerprint density at radius 1 is 0.439 bits per heavy atom. The lowest BCUT2D eigenvalue weighted by Gasteiger charge is -2.53. The molecule has 0 aliphatic carbocycles. The summed E-state index contributed by atoms with van der Waals surface area (Å²) >= 11 is 0. The average molecular weight is 1340 g/mol. The molecule has 0 bridgehead atoms. The summed E-state index contributed by atoms with van der Waals surface area (Å²) in [7, 11) is 12.9. The molecule has 0 spiro atoms. The molecule has 15 rings (SSSR count). The molecule has 516 valence electrons. The molecule has 9 heterocycles. The predicted molar refractivity (Wildman–Crippen MR) is 384 cm³/mol. The number of benzene rings is 6. The number of hydrogen-bond acceptors (Lipinski definition) is 20. The van der Waals surface area contributed by atoms with Crippen molar-refractivity contribution in [1.82, 2.24) is 31.0 Å². The minimum absolute atomic E-state index is 0.0455. The maximum Gasteiger partial charge on any atom is 0.300 e. The highest BCUT2D eigenvalue weighted by Crippen LogP contribution is 2.49. The van der Waals surface area contributed by atoms with Gasteiger partial charge in [-0.2, -0.15) is 15.3 Å². The zero-order valence-electron chi connectivity index (χ0n) is 58.2. The molecule has 6 aromatic rings. The Bertz CT molecular complexity index is 3700. The number of amides is 3. The van der Waals surface area contributed by atoms with Gasteiger partial charge in [0, 0.05) is 108 Å². The third-order valence-corrected chi connectivity index (χ3v) is 19.5. The zero-order valence-corrected chi connectivity index (χ0v) is 58.2. The van der Waals surface area contributed by atoms with Crippen LogP contribution in [-0.2, 0) is 24.0 Å². The molecule has 3 fully saturated rings. The van der Waals surface area contributed by atoms with Crippen molar-refractivity contribution >= 4 is 81.3 Å². The van der Waals surface area contributed by atoms with Crippen molar-refractivity contribution in [3.8, 4) is 50.6 Å². The molecule has 1 unspecified atom stereocenters. The molecule has 98 heavy (non-hydrogen) atoms. The predicted octanol–water partition coefficient (Wildman–Crippen LogP) is 7.76. The third kappa shape index (κ3) is 13.7. The van der Waals surface area contributed by atoms with Crippen LogP contribution in [0.3, 0.4) is 0 Å². The lowest BCUT2D eigenvalue weighted by Crippen LogP contribution is -2.66. The second kappa shape index (κ2) is 27.7. The number of ether oxygens (including phenoxy) is 3. The van der Waals surface area contributed by atoms with E-state index in [-0.39, 0.29) is 52.5 Å². The molecule has 25 nitrogen and oxygen atoms in total.